The van der Waals surface area contributed by atoms with Crippen LogP contribution in [0, 0.1) is 5.92 Å². The number of benzene rings is 3. The van der Waals surface area contributed by atoms with Gasteiger partial charge in [0.2, 0.25) is 0 Å². The number of fused-ring (bicyclic) bond motifs is 3. The molecule has 5 rings (SSSR count). The van der Waals surface area contributed by atoms with Gasteiger partial charge in [0.25, 0.3) is 8.32 Å². The van der Waals surface area contributed by atoms with E-state index < -0.39 is 8.32 Å². The first kappa shape index (κ1) is 25.2. The Labute approximate surface area is 223 Å². The Morgan fingerprint density at radius 3 is 2.14 bits per heavy atom. The summed E-state index contributed by atoms with van der Waals surface area (Å²) in [5.41, 5.74) is 3.25. The fraction of sp³-hybridized carbons (Fsp3) is 0.323. The lowest BCUT2D eigenvalue weighted by Gasteiger charge is -2.43. The van der Waals surface area contributed by atoms with Gasteiger partial charge in [0.1, 0.15) is 0 Å². The van der Waals surface area contributed by atoms with E-state index in [-0.39, 0.29) is 16.7 Å². The highest BCUT2D eigenvalue weighted by Crippen LogP contribution is 2.38. The van der Waals surface area contributed by atoms with E-state index >= 15 is 0 Å². The lowest BCUT2D eigenvalue weighted by atomic mass is 10.1. The van der Waals surface area contributed by atoms with Crippen LogP contribution in [-0.2, 0) is 17.4 Å². The lowest BCUT2D eigenvalue weighted by Crippen LogP contribution is -2.66. The molecule has 3 nitrogen and oxygen atoms in total. The number of hydrogen-bond donors (Lipinski definition) is 0. The molecule has 1 heterocycles. The highest BCUT2D eigenvalue weighted by Gasteiger charge is 2.50. The van der Waals surface area contributed by atoms with E-state index in [9.17, 15) is 4.79 Å². The third-order valence-electron chi connectivity index (χ3n) is 7.50. The van der Waals surface area contributed by atoms with Crippen LogP contribution in [0.3, 0.4) is 0 Å². The van der Waals surface area contributed by atoms with Gasteiger partial charge in [-0.15, -0.1) is 0 Å². The second-order valence-electron chi connectivity index (χ2n) is 11.1. The van der Waals surface area contributed by atoms with Crippen molar-refractivity contribution < 1.29 is 9.22 Å². The molecule has 0 saturated heterocycles. The summed E-state index contributed by atoms with van der Waals surface area (Å²) in [6.07, 6.45) is 1.44. The summed E-state index contributed by atoms with van der Waals surface area (Å²) in [6, 6.07) is 27.9. The van der Waals surface area contributed by atoms with Gasteiger partial charge in [0, 0.05) is 40.7 Å². The van der Waals surface area contributed by atoms with Crippen LogP contribution >= 0.6 is 15.9 Å². The van der Waals surface area contributed by atoms with E-state index in [4.69, 9.17) is 4.43 Å². The number of halogens is 1. The normalized spacial score (nSPS) is 14.9. The largest absolute Gasteiger partial charge is 0.407 e. The molecule has 1 aliphatic carbocycles. The van der Waals surface area contributed by atoms with Crippen LogP contribution in [0.4, 0.5) is 0 Å². The van der Waals surface area contributed by atoms with Crippen LogP contribution in [0.25, 0.3) is 10.9 Å². The van der Waals surface area contributed by atoms with Gasteiger partial charge in [-0.05, 0) is 39.9 Å². The zero-order valence-electron chi connectivity index (χ0n) is 21.6. The van der Waals surface area contributed by atoms with Gasteiger partial charge in [-0.2, -0.15) is 0 Å². The Morgan fingerprint density at radius 2 is 1.56 bits per heavy atom. The Balaban J connectivity index is 1.50. The maximum absolute atomic E-state index is 12.7. The Hall–Kier alpha value is -2.47. The summed E-state index contributed by atoms with van der Waals surface area (Å²) in [6.45, 7) is 10.7. The average Bonchev–Trinajstić information content (AvgIpc) is 3.38. The van der Waals surface area contributed by atoms with Crippen molar-refractivity contribution in [3.8, 4) is 0 Å². The molecule has 0 amide bonds. The standard InChI is InChI=1S/C31H34BrNO2Si/c1-22(20-33-27-17-18-29(34)30(27)26-16-15-23(32)19-28(26)33)21-35-36(31(2,3)4,24-11-7-5-8-12-24)25-13-9-6-10-14-25/h5-16,19,22H,17-18,20-21H2,1-4H3. The minimum atomic E-state index is -2.58. The molecule has 0 bridgehead atoms. The van der Waals surface area contributed by atoms with Crippen molar-refractivity contribution in [1.29, 1.82) is 0 Å². The van der Waals surface area contributed by atoms with Crippen LogP contribution in [-0.4, -0.2) is 25.3 Å². The molecule has 0 saturated carbocycles. The molecule has 0 radical (unpaired) electrons. The Bertz CT molecular complexity index is 1350. The third-order valence-corrected chi connectivity index (χ3v) is 13.0. The number of rotatable bonds is 7. The smallest absolute Gasteiger partial charge is 0.261 e. The number of carbonyl (C=O) groups is 1. The maximum atomic E-state index is 12.7. The fourth-order valence-electron chi connectivity index (χ4n) is 5.91. The summed E-state index contributed by atoms with van der Waals surface area (Å²) >= 11 is 3.63. The molecule has 3 aromatic carbocycles. The van der Waals surface area contributed by atoms with Gasteiger partial charge in [0.05, 0.1) is 5.52 Å². The third kappa shape index (κ3) is 4.31. The first-order valence-electron chi connectivity index (χ1n) is 12.8. The molecule has 0 aliphatic heterocycles. The van der Waals surface area contributed by atoms with Crippen molar-refractivity contribution in [2.24, 2.45) is 5.92 Å². The van der Waals surface area contributed by atoms with Crippen LogP contribution in [0.1, 0.15) is 50.2 Å². The van der Waals surface area contributed by atoms with Gasteiger partial charge >= 0.3 is 0 Å². The van der Waals surface area contributed by atoms with E-state index in [1.807, 2.05) is 6.07 Å². The van der Waals surface area contributed by atoms with E-state index in [0.717, 1.165) is 33.9 Å². The second kappa shape index (κ2) is 9.77. The van der Waals surface area contributed by atoms with Gasteiger partial charge < -0.3 is 8.99 Å². The molecule has 186 valence electrons. The zero-order chi connectivity index (χ0) is 25.5. The minimum absolute atomic E-state index is 0.0475. The number of ketones is 1. The molecule has 0 spiro atoms. The van der Waals surface area contributed by atoms with Crippen molar-refractivity contribution in [2.75, 3.05) is 6.61 Å². The molecule has 0 fully saturated rings. The molecule has 1 aliphatic rings. The monoisotopic (exact) mass is 559 g/mol. The predicted octanol–water partition coefficient (Wildman–Crippen LogP) is 6.75. The van der Waals surface area contributed by atoms with Crippen LogP contribution in [0.15, 0.2) is 83.3 Å². The van der Waals surface area contributed by atoms with Gasteiger partial charge in [-0.3, -0.25) is 4.79 Å². The highest BCUT2D eigenvalue weighted by molar-refractivity contribution is 9.10. The predicted molar refractivity (Wildman–Crippen MR) is 155 cm³/mol. The van der Waals surface area contributed by atoms with Gasteiger partial charge in [-0.25, -0.2) is 0 Å². The topological polar surface area (TPSA) is 31.2 Å². The quantitative estimate of drug-likeness (QED) is 0.234. The molecular weight excluding hydrogens is 526 g/mol. The van der Waals surface area contributed by atoms with Crippen molar-refractivity contribution in [1.82, 2.24) is 4.57 Å². The summed E-state index contributed by atoms with van der Waals surface area (Å²) < 4.78 is 10.6. The zero-order valence-corrected chi connectivity index (χ0v) is 24.1. The lowest BCUT2D eigenvalue weighted by molar-refractivity contribution is 0.0996. The van der Waals surface area contributed by atoms with Crippen molar-refractivity contribution in [2.45, 2.75) is 52.1 Å². The average molecular weight is 561 g/mol. The number of nitrogens with zero attached hydrogens (tertiary/aromatic N) is 1. The summed E-state index contributed by atoms with van der Waals surface area (Å²) in [5, 5.41) is 3.64. The number of aromatic nitrogens is 1. The molecule has 36 heavy (non-hydrogen) atoms. The maximum Gasteiger partial charge on any atom is 0.261 e. The fourth-order valence-corrected chi connectivity index (χ4v) is 10.9. The minimum Gasteiger partial charge on any atom is -0.407 e. The van der Waals surface area contributed by atoms with E-state index in [1.165, 1.54) is 16.1 Å². The molecule has 5 heteroatoms. The number of hydrogen-bond acceptors (Lipinski definition) is 2. The van der Waals surface area contributed by atoms with Crippen LogP contribution in [0.2, 0.25) is 5.04 Å². The number of carbonyl (C=O) groups excluding carboxylic acids is 1. The molecule has 1 aromatic heterocycles. The van der Waals surface area contributed by atoms with E-state index in [1.54, 1.807) is 0 Å². The van der Waals surface area contributed by atoms with Crippen molar-refractivity contribution in [3.05, 3.63) is 94.6 Å². The molecule has 4 aromatic rings. The SMILES string of the molecule is CC(CO[Si](c1ccccc1)(c1ccccc1)C(C)(C)C)Cn1c2c(c3ccc(Br)cc31)C(=O)CC2. The summed E-state index contributed by atoms with van der Waals surface area (Å²) in [7, 11) is -2.58. The Morgan fingerprint density at radius 1 is 0.944 bits per heavy atom. The van der Waals surface area contributed by atoms with Crippen LogP contribution in [0.5, 0.6) is 0 Å². The molecular formula is C31H34BrNO2Si. The van der Waals surface area contributed by atoms with E-state index in [0.29, 0.717) is 13.0 Å². The summed E-state index contributed by atoms with van der Waals surface area (Å²) in [5.74, 6) is 0.549. The van der Waals surface area contributed by atoms with E-state index in [2.05, 4.69) is 121 Å². The van der Waals surface area contributed by atoms with Crippen LogP contribution < -0.4 is 10.4 Å². The summed E-state index contributed by atoms with van der Waals surface area (Å²) in [4.78, 5) is 12.7. The Kier molecular flexibility index (Phi) is 6.84. The molecule has 0 N–H and O–H groups in total. The highest BCUT2D eigenvalue weighted by atomic mass is 79.9. The molecule has 1 atom stereocenters. The first-order valence-corrected chi connectivity index (χ1v) is 15.5. The van der Waals surface area contributed by atoms with Gasteiger partial charge in [0.15, 0.2) is 5.78 Å². The first-order chi connectivity index (χ1) is 17.2. The number of Topliss-reactive ketones (excluding diaryl/α,β-unsaturated/α-hetero) is 1. The second-order valence-corrected chi connectivity index (χ2v) is 16.3. The van der Waals surface area contributed by atoms with Gasteiger partial charge in [-0.1, -0.05) is 110 Å². The van der Waals surface area contributed by atoms with Crippen molar-refractivity contribution in [3.63, 3.8) is 0 Å². The van der Waals surface area contributed by atoms with Crippen molar-refractivity contribution >= 4 is 51.3 Å². The molecule has 1 unspecified atom stereocenters.